The lowest BCUT2D eigenvalue weighted by atomic mass is 10.1. The standard InChI is InChI=1S/C19H31N7O2S/c1-8-28-18(27)16-12(2)23-17(29-16)13(3)24-19(20-4)21-10-15(25(5)6)14-9-22-26(7)11-14/h9,11,13,15H,8,10H2,1-7H3,(H2,20,21,24). The fourth-order valence-corrected chi connectivity index (χ4v) is 3.82. The van der Waals surface area contributed by atoms with Crippen LogP contribution in [0, 0.1) is 6.92 Å². The Morgan fingerprint density at radius 2 is 2.17 bits per heavy atom. The molecule has 29 heavy (non-hydrogen) atoms. The Hall–Kier alpha value is -2.46. The van der Waals surface area contributed by atoms with E-state index in [2.05, 4.69) is 30.6 Å². The lowest BCUT2D eigenvalue weighted by Crippen LogP contribution is -2.42. The maximum Gasteiger partial charge on any atom is 0.350 e. The molecule has 2 aromatic heterocycles. The number of ether oxygens (including phenoxy) is 1. The van der Waals surface area contributed by atoms with E-state index in [1.54, 1.807) is 18.7 Å². The van der Waals surface area contributed by atoms with E-state index in [4.69, 9.17) is 4.74 Å². The second-order valence-electron chi connectivity index (χ2n) is 6.93. The molecule has 160 valence electrons. The van der Waals surface area contributed by atoms with Crippen molar-refractivity contribution >= 4 is 23.3 Å². The molecule has 2 atom stereocenters. The van der Waals surface area contributed by atoms with Gasteiger partial charge in [0.15, 0.2) is 5.96 Å². The maximum atomic E-state index is 12.0. The topological polar surface area (TPSA) is 96.7 Å². The summed E-state index contributed by atoms with van der Waals surface area (Å²) in [5.74, 6) is 0.340. The van der Waals surface area contributed by atoms with E-state index in [1.165, 1.54) is 11.3 Å². The molecule has 0 spiro atoms. The molecule has 0 radical (unpaired) electrons. The van der Waals surface area contributed by atoms with Gasteiger partial charge >= 0.3 is 5.97 Å². The molecule has 0 aliphatic carbocycles. The summed E-state index contributed by atoms with van der Waals surface area (Å²) < 4.78 is 6.90. The highest BCUT2D eigenvalue weighted by Crippen LogP contribution is 2.24. The van der Waals surface area contributed by atoms with Crippen LogP contribution in [0.3, 0.4) is 0 Å². The fraction of sp³-hybridized carbons (Fsp3) is 0.579. The van der Waals surface area contributed by atoms with Crippen molar-refractivity contribution in [1.82, 2.24) is 30.3 Å². The van der Waals surface area contributed by atoms with Gasteiger partial charge in [0.05, 0.1) is 30.6 Å². The molecule has 0 aromatic carbocycles. The number of thiazole rings is 1. The van der Waals surface area contributed by atoms with Crippen molar-refractivity contribution in [3.05, 3.63) is 33.5 Å². The van der Waals surface area contributed by atoms with Gasteiger partial charge in [0.1, 0.15) is 9.88 Å². The number of hydrogen-bond acceptors (Lipinski definition) is 7. The number of esters is 1. The molecule has 0 saturated heterocycles. The average molecular weight is 422 g/mol. The first kappa shape index (κ1) is 22.8. The van der Waals surface area contributed by atoms with Crippen LogP contribution < -0.4 is 10.6 Å². The van der Waals surface area contributed by atoms with Crippen LogP contribution in [0.1, 0.15) is 51.9 Å². The minimum atomic E-state index is -0.325. The van der Waals surface area contributed by atoms with Gasteiger partial charge in [0.2, 0.25) is 0 Å². The normalized spacial score (nSPS) is 14.0. The summed E-state index contributed by atoms with van der Waals surface area (Å²) in [5, 5.41) is 11.8. The highest BCUT2D eigenvalue weighted by molar-refractivity contribution is 7.13. The minimum Gasteiger partial charge on any atom is -0.462 e. The molecule has 0 bridgehead atoms. The summed E-state index contributed by atoms with van der Waals surface area (Å²) in [6, 6.07) is 0.0411. The quantitative estimate of drug-likeness (QED) is 0.382. The summed E-state index contributed by atoms with van der Waals surface area (Å²) in [6.45, 7) is 6.61. The van der Waals surface area contributed by atoms with Crippen molar-refractivity contribution in [3.8, 4) is 0 Å². The zero-order valence-corrected chi connectivity index (χ0v) is 19.0. The van der Waals surface area contributed by atoms with Crippen LogP contribution in [0.5, 0.6) is 0 Å². The van der Waals surface area contributed by atoms with Gasteiger partial charge in [-0.15, -0.1) is 11.3 Å². The molecular weight excluding hydrogens is 390 g/mol. The van der Waals surface area contributed by atoms with Crippen LogP contribution in [0.2, 0.25) is 0 Å². The third kappa shape index (κ3) is 6.01. The van der Waals surface area contributed by atoms with E-state index in [9.17, 15) is 4.79 Å². The summed E-state index contributed by atoms with van der Waals surface area (Å²) in [5.41, 5.74) is 1.81. The lowest BCUT2D eigenvalue weighted by molar-refractivity contribution is 0.0531. The third-order valence-corrected chi connectivity index (χ3v) is 5.74. The minimum absolute atomic E-state index is 0.107. The molecule has 2 N–H and O–H groups in total. The predicted octanol–water partition coefficient (Wildman–Crippen LogP) is 1.89. The Morgan fingerprint density at radius 3 is 2.72 bits per heavy atom. The number of nitrogens with one attached hydrogen (secondary N) is 2. The van der Waals surface area contributed by atoms with Gasteiger partial charge in [0, 0.05) is 32.4 Å². The van der Waals surface area contributed by atoms with Gasteiger partial charge in [-0.2, -0.15) is 5.10 Å². The monoisotopic (exact) mass is 421 g/mol. The molecule has 0 aliphatic heterocycles. The van der Waals surface area contributed by atoms with E-state index in [-0.39, 0.29) is 18.1 Å². The van der Waals surface area contributed by atoms with Crippen LogP contribution >= 0.6 is 11.3 Å². The Balaban J connectivity index is 2.02. The fourth-order valence-electron chi connectivity index (χ4n) is 2.85. The molecule has 0 aliphatic rings. The summed E-state index contributed by atoms with van der Waals surface area (Å²) >= 11 is 1.35. The van der Waals surface area contributed by atoms with Crippen LogP contribution in [-0.4, -0.2) is 65.9 Å². The smallest absolute Gasteiger partial charge is 0.350 e. The van der Waals surface area contributed by atoms with Crippen LogP contribution in [-0.2, 0) is 11.8 Å². The van der Waals surface area contributed by atoms with Crippen molar-refractivity contribution in [2.24, 2.45) is 12.0 Å². The molecule has 0 amide bonds. The van der Waals surface area contributed by atoms with Gasteiger partial charge in [-0.3, -0.25) is 9.67 Å². The van der Waals surface area contributed by atoms with Crippen LogP contribution in [0.25, 0.3) is 0 Å². The lowest BCUT2D eigenvalue weighted by Gasteiger charge is -2.25. The summed E-state index contributed by atoms with van der Waals surface area (Å²) in [6.07, 6.45) is 3.89. The number of rotatable bonds is 8. The van der Waals surface area contributed by atoms with E-state index >= 15 is 0 Å². The Morgan fingerprint density at radius 1 is 1.45 bits per heavy atom. The number of carbonyl (C=O) groups is 1. The number of aryl methyl sites for hydroxylation is 2. The van der Waals surface area contributed by atoms with Crippen LogP contribution in [0.4, 0.5) is 0 Å². The van der Waals surface area contributed by atoms with Crippen molar-refractivity contribution in [2.45, 2.75) is 32.9 Å². The highest BCUT2D eigenvalue weighted by atomic mass is 32.1. The molecule has 2 rings (SSSR count). The predicted molar refractivity (Wildman–Crippen MR) is 115 cm³/mol. The molecule has 0 fully saturated rings. The highest BCUT2D eigenvalue weighted by Gasteiger charge is 2.21. The molecule has 2 aromatic rings. The first-order chi connectivity index (χ1) is 13.8. The summed E-state index contributed by atoms with van der Waals surface area (Å²) in [4.78, 5) is 23.6. The summed E-state index contributed by atoms with van der Waals surface area (Å²) in [7, 11) is 7.71. The number of nitrogens with zero attached hydrogens (tertiary/aromatic N) is 5. The first-order valence-electron chi connectivity index (χ1n) is 9.53. The van der Waals surface area contributed by atoms with Gasteiger partial charge in [-0.25, -0.2) is 9.78 Å². The number of aromatic nitrogens is 3. The van der Waals surface area contributed by atoms with Gasteiger partial charge < -0.3 is 20.3 Å². The number of carbonyl (C=O) groups excluding carboxylic acids is 1. The number of aliphatic imine (C=N–C) groups is 1. The molecule has 2 heterocycles. The molecule has 9 nitrogen and oxygen atoms in total. The van der Waals surface area contributed by atoms with E-state index in [0.717, 1.165) is 10.6 Å². The maximum absolute atomic E-state index is 12.0. The van der Waals surface area contributed by atoms with Crippen molar-refractivity contribution in [1.29, 1.82) is 0 Å². The molecule has 0 saturated carbocycles. The Kier molecular flexibility index (Phi) is 8.15. The van der Waals surface area contributed by atoms with E-state index in [1.807, 2.05) is 47.4 Å². The van der Waals surface area contributed by atoms with Gasteiger partial charge in [-0.05, 0) is 34.9 Å². The number of likely N-dealkylation sites (N-methyl/N-ethyl adjacent to an activating group) is 1. The van der Waals surface area contributed by atoms with Crippen molar-refractivity contribution in [3.63, 3.8) is 0 Å². The molecule has 2 unspecified atom stereocenters. The number of guanidine groups is 1. The van der Waals surface area contributed by atoms with Gasteiger partial charge in [-0.1, -0.05) is 0 Å². The largest absolute Gasteiger partial charge is 0.462 e. The number of hydrogen-bond donors (Lipinski definition) is 2. The second-order valence-corrected chi connectivity index (χ2v) is 7.96. The zero-order chi connectivity index (χ0) is 21.6. The second kappa shape index (κ2) is 10.4. The molecule has 10 heteroatoms. The van der Waals surface area contributed by atoms with Crippen molar-refractivity contribution in [2.75, 3.05) is 34.3 Å². The van der Waals surface area contributed by atoms with Crippen molar-refractivity contribution < 1.29 is 9.53 Å². The average Bonchev–Trinajstić information content (AvgIpc) is 3.26. The first-order valence-corrected chi connectivity index (χ1v) is 10.3. The zero-order valence-electron chi connectivity index (χ0n) is 18.2. The van der Waals surface area contributed by atoms with Crippen LogP contribution in [0.15, 0.2) is 17.4 Å². The molecular formula is C19H31N7O2S. The van der Waals surface area contributed by atoms with E-state index in [0.29, 0.717) is 29.7 Å². The Bertz CT molecular complexity index is 843. The van der Waals surface area contributed by atoms with E-state index < -0.39 is 0 Å². The Labute approximate surface area is 176 Å². The third-order valence-electron chi connectivity index (χ3n) is 4.42. The SMILES string of the molecule is CCOC(=O)c1sc(C(C)NC(=NC)NCC(c2cnn(C)c2)N(C)C)nc1C. The van der Waals surface area contributed by atoms with Gasteiger partial charge in [0.25, 0.3) is 0 Å².